The van der Waals surface area contributed by atoms with E-state index in [9.17, 15) is 15.2 Å². The molecule has 1 aliphatic carbocycles. The summed E-state index contributed by atoms with van der Waals surface area (Å²) in [6, 6.07) is 2.26. The normalized spacial score (nSPS) is 30.8. The van der Waals surface area contributed by atoms with Crippen LogP contribution in [-0.4, -0.2) is 46.7 Å². The van der Waals surface area contributed by atoms with Crippen LogP contribution >= 0.6 is 0 Å². The minimum atomic E-state index is -0.696. The maximum Gasteiger partial charge on any atom is 0.235 e. The van der Waals surface area contributed by atoms with Crippen LogP contribution in [0.25, 0.3) is 0 Å². The van der Waals surface area contributed by atoms with Crippen molar-refractivity contribution in [1.82, 2.24) is 10.2 Å². The number of carbonyl (C=O) groups is 1. The fraction of sp³-hybridized carbons (Fsp3) is 0.857. The van der Waals surface area contributed by atoms with E-state index in [2.05, 4.69) is 11.4 Å². The van der Waals surface area contributed by atoms with Gasteiger partial charge in [0.25, 0.3) is 0 Å². The number of likely N-dealkylation sites (tertiary alicyclic amines) is 1. The average molecular weight is 265 g/mol. The highest BCUT2D eigenvalue weighted by Crippen LogP contribution is 2.29. The first-order valence-electron chi connectivity index (χ1n) is 7.12. The van der Waals surface area contributed by atoms with Gasteiger partial charge in [0.1, 0.15) is 5.54 Å². The number of hydrogen-bond acceptors (Lipinski definition) is 4. The van der Waals surface area contributed by atoms with Crippen molar-refractivity contribution in [3.63, 3.8) is 0 Å². The first-order chi connectivity index (χ1) is 8.95. The Hall–Kier alpha value is -1.12. The van der Waals surface area contributed by atoms with Crippen LogP contribution in [-0.2, 0) is 4.79 Å². The van der Waals surface area contributed by atoms with E-state index in [0.717, 1.165) is 45.1 Å². The lowest BCUT2D eigenvalue weighted by Crippen LogP contribution is -2.53. The van der Waals surface area contributed by atoms with E-state index in [1.54, 1.807) is 0 Å². The van der Waals surface area contributed by atoms with Gasteiger partial charge in [-0.1, -0.05) is 0 Å². The van der Waals surface area contributed by atoms with Crippen molar-refractivity contribution in [3.8, 4) is 6.07 Å². The Bertz CT molecular complexity index is 381. The number of amides is 1. The number of β-amino-alcohol motifs (C(OH)–C–C–N with tert-alkyl or cyclic N) is 1. The van der Waals surface area contributed by atoms with Gasteiger partial charge in [-0.25, -0.2) is 0 Å². The third kappa shape index (κ3) is 3.68. The highest BCUT2D eigenvalue weighted by Gasteiger charge is 2.36. The number of nitrogens with zero attached hydrogens (tertiary/aromatic N) is 2. The van der Waals surface area contributed by atoms with E-state index < -0.39 is 11.1 Å². The third-order valence-corrected chi connectivity index (χ3v) is 4.17. The van der Waals surface area contributed by atoms with Crippen molar-refractivity contribution in [2.24, 2.45) is 0 Å². The summed E-state index contributed by atoms with van der Waals surface area (Å²) in [6.45, 7) is 3.45. The smallest absolute Gasteiger partial charge is 0.235 e. The summed E-state index contributed by atoms with van der Waals surface area (Å²) in [5.41, 5.74) is -1.34. The number of nitrogens with one attached hydrogen (secondary N) is 1. The van der Waals surface area contributed by atoms with Crippen molar-refractivity contribution in [2.75, 3.05) is 19.6 Å². The number of carbonyl (C=O) groups excluding carboxylic acids is 1. The molecule has 0 radical (unpaired) electrons. The second-order valence-corrected chi connectivity index (χ2v) is 6.26. The van der Waals surface area contributed by atoms with Crippen LogP contribution in [0.15, 0.2) is 0 Å². The Labute approximate surface area is 114 Å². The zero-order valence-electron chi connectivity index (χ0n) is 11.6. The van der Waals surface area contributed by atoms with E-state index in [-0.39, 0.29) is 12.5 Å². The molecule has 1 saturated carbocycles. The number of piperidine rings is 1. The number of rotatable bonds is 3. The molecule has 19 heavy (non-hydrogen) atoms. The van der Waals surface area contributed by atoms with Crippen molar-refractivity contribution in [2.45, 2.75) is 56.6 Å². The fourth-order valence-corrected chi connectivity index (χ4v) is 3.21. The van der Waals surface area contributed by atoms with Gasteiger partial charge >= 0.3 is 0 Å². The molecule has 5 nitrogen and oxygen atoms in total. The van der Waals surface area contributed by atoms with E-state index >= 15 is 0 Å². The molecule has 0 bridgehead atoms. The molecule has 0 aromatic heterocycles. The summed E-state index contributed by atoms with van der Waals surface area (Å²) in [4.78, 5) is 14.0. The van der Waals surface area contributed by atoms with E-state index in [1.165, 1.54) is 0 Å². The SMILES string of the molecule is CC1(O)CCCN(CC(=O)NC2(C#N)CCCC2)C1. The number of aliphatic hydroxyl groups is 1. The monoisotopic (exact) mass is 265 g/mol. The molecule has 1 saturated heterocycles. The van der Waals surface area contributed by atoms with Crippen LogP contribution < -0.4 is 5.32 Å². The number of hydrogen-bond donors (Lipinski definition) is 2. The maximum absolute atomic E-state index is 12.1. The quantitative estimate of drug-likeness (QED) is 0.791. The Morgan fingerprint density at radius 3 is 2.63 bits per heavy atom. The van der Waals surface area contributed by atoms with E-state index in [4.69, 9.17) is 0 Å². The second kappa shape index (κ2) is 5.48. The van der Waals surface area contributed by atoms with Crippen LogP contribution in [0.2, 0.25) is 0 Å². The highest BCUT2D eigenvalue weighted by atomic mass is 16.3. The van der Waals surface area contributed by atoms with Crippen LogP contribution in [0, 0.1) is 11.3 Å². The van der Waals surface area contributed by atoms with Crippen LogP contribution in [0.1, 0.15) is 45.4 Å². The first-order valence-corrected chi connectivity index (χ1v) is 7.12. The van der Waals surface area contributed by atoms with E-state index in [1.807, 2.05) is 11.8 Å². The standard InChI is InChI=1S/C14H23N3O2/c1-13(19)5-4-8-17(11-13)9-12(18)16-14(10-15)6-2-3-7-14/h19H,2-9,11H2,1H3,(H,16,18). The van der Waals surface area contributed by atoms with Crippen molar-refractivity contribution in [3.05, 3.63) is 0 Å². The summed E-state index contributed by atoms with van der Waals surface area (Å²) in [5, 5.41) is 22.1. The zero-order valence-corrected chi connectivity index (χ0v) is 11.6. The minimum absolute atomic E-state index is 0.0962. The molecule has 2 aliphatic rings. The molecule has 1 amide bonds. The minimum Gasteiger partial charge on any atom is -0.389 e. The van der Waals surface area contributed by atoms with Gasteiger partial charge in [-0.2, -0.15) is 5.26 Å². The second-order valence-electron chi connectivity index (χ2n) is 6.26. The fourth-order valence-electron chi connectivity index (χ4n) is 3.21. The predicted molar refractivity (Wildman–Crippen MR) is 71.3 cm³/mol. The molecule has 1 unspecified atom stereocenters. The molecule has 106 valence electrons. The Balaban J connectivity index is 1.86. The lowest BCUT2D eigenvalue weighted by molar-refractivity contribution is -0.125. The largest absolute Gasteiger partial charge is 0.389 e. The van der Waals surface area contributed by atoms with Gasteiger partial charge in [0.2, 0.25) is 5.91 Å². The van der Waals surface area contributed by atoms with Gasteiger partial charge in [0.05, 0.1) is 18.2 Å². The van der Waals surface area contributed by atoms with Gasteiger partial charge in [0.15, 0.2) is 0 Å². The molecule has 5 heteroatoms. The van der Waals surface area contributed by atoms with Crippen molar-refractivity contribution >= 4 is 5.91 Å². The van der Waals surface area contributed by atoms with Crippen LogP contribution in [0.4, 0.5) is 0 Å². The van der Waals surface area contributed by atoms with Crippen molar-refractivity contribution < 1.29 is 9.90 Å². The highest BCUT2D eigenvalue weighted by molar-refractivity contribution is 5.79. The molecule has 2 fully saturated rings. The molecule has 2 N–H and O–H groups in total. The van der Waals surface area contributed by atoms with Gasteiger partial charge < -0.3 is 10.4 Å². The van der Waals surface area contributed by atoms with Gasteiger partial charge in [-0.05, 0) is 52.0 Å². The molecule has 0 aromatic rings. The summed E-state index contributed by atoms with van der Waals surface area (Å²) in [5.74, 6) is -0.0962. The zero-order chi connectivity index (χ0) is 13.9. The third-order valence-electron chi connectivity index (χ3n) is 4.17. The average Bonchev–Trinajstić information content (AvgIpc) is 2.76. The Kier molecular flexibility index (Phi) is 4.12. The Morgan fingerprint density at radius 2 is 2.05 bits per heavy atom. The molecule has 0 spiro atoms. The van der Waals surface area contributed by atoms with Gasteiger partial charge in [-0.15, -0.1) is 0 Å². The topological polar surface area (TPSA) is 76.4 Å². The van der Waals surface area contributed by atoms with Crippen LogP contribution in [0.3, 0.4) is 0 Å². The lowest BCUT2D eigenvalue weighted by Gasteiger charge is -2.36. The molecule has 1 heterocycles. The summed E-state index contributed by atoms with van der Waals surface area (Å²) in [7, 11) is 0. The Morgan fingerprint density at radius 1 is 1.37 bits per heavy atom. The lowest BCUT2D eigenvalue weighted by atomic mass is 9.95. The van der Waals surface area contributed by atoms with Crippen LogP contribution in [0.5, 0.6) is 0 Å². The number of nitriles is 1. The summed E-state index contributed by atoms with van der Waals surface area (Å²) >= 11 is 0. The van der Waals surface area contributed by atoms with Gasteiger partial charge in [-0.3, -0.25) is 9.69 Å². The van der Waals surface area contributed by atoms with Crippen molar-refractivity contribution in [1.29, 1.82) is 5.26 Å². The molecular formula is C14H23N3O2. The summed E-state index contributed by atoms with van der Waals surface area (Å²) in [6.07, 6.45) is 5.22. The van der Waals surface area contributed by atoms with E-state index in [0.29, 0.717) is 6.54 Å². The molecule has 1 aliphatic heterocycles. The van der Waals surface area contributed by atoms with Gasteiger partial charge in [0, 0.05) is 6.54 Å². The maximum atomic E-state index is 12.1. The predicted octanol–water partition coefficient (Wildman–Crippen LogP) is 0.786. The molecule has 1 atom stereocenters. The summed E-state index contributed by atoms with van der Waals surface area (Å²) < 4.78 is 0. The molecule has 0 aromatic carbocycles. The molecular weight excluding hydrogens is 242 g/mol. The first kappa shape index (κ1) is 14.3. The molecule has 2 rings (SSSR count).